The average Bonchev–Trinajstić information content (AvgIpc) is 2.63. The zero-order valence-electron chi connectivity index (χ0n) is 14.1. The number of hydrogen-bond acceptors (Lipinski definition) is 5. The van der Waals surface area contributed by atoms with Gasteiger partial charge in [-0.2, -0.15) is 5.26 Å². The third-order valence-electron chi connectivity index (χ3n) is 4.60. The van der Waals surface area contributed by atoms with Gasteiger partial charge in [0.05, 0.1) is 11.7 Å². The molecule has 1 heterocycles. The molecule has 2 aromatic rings. The molecule has 0 saturated heterocycles. The van der Waals surface area contributed by atoms with Crippen molar-refractivity contribution >= 4 is 23.2 Å². The Labute approximate surface area is 154 Å². The van der Waals surface area contributed by atoms with Gasteiger partial charge in [-0.15, -0.1) is 12.4 Å². The van der Waals surface area contributed by atoms with Crippen LogP contribution in [0, 0.1) is 11.3 Å². The van der Waals surface area contributed by atoms with Crippen molar-refractivity contribution in [2.24, 2.45) is 0 Å². The highest BCUT2D eigenvalue weighted by molar-refractivity contribution is 5.92. The quantitative estimate of drug-likeness (QED) is 0.772. The monoisotopic (exact) mass is 361 g/mol. The molecule has 0 atom stereocenters. The number of aromatic nitrogens is 1. The van der Waals surface area contributed by atoms with E-state index in [9.17, 15) is 5.26 Å². The van der Waals surface area contributed by atoms with Crippen molar-refractivity contribution in [2.45, 2.75) is 44.2 Å². The lowest BCUT2D eigenvalue weighted by atomic mass is 9.92. The van der Waals surface area contributed by atoms with Crippen LogP contribution in [0.4, 0.5) is 0 Å². The van der Waals surface area contributed by atoms with Gasteiger partial charge in [0, 0.05) is 35.8 Å². The van der Waals surface area contributed by atoms with Crippen LogP contribution in [0.3, 0.4) is 0 Å². The SMILES string of the molecule is Cl.N#Cc1cncc2cccc(OC3CCC(NCCCO)CC3)c12. The molecule has 5 nitrogen and oxygen atoms in total. The fourth-order valence-electron chi connectivity index (χ4n) is 3.33. The second-order valence-electron chi connectivity index (χ2n) is 6.28. The van der Waals surface area contributed by atoms with Crippen molar-refractivity contribution in [1.82, 2.24) is 10.3 Å². The van der Waals surface area contributed by atoms with E-state index >= 15 is 0 Å². The number of aliphatic hydroxyl groups excluding tert-OH is 1. The van der Waals surface area contributed by atoms with Gasteiger partial charge in [0.1, 0.15) is 11.8 Å². The van der Waals surface area contributed by atoms with Gasteiger partial charge in [0.2, 0.25) is 0 Å². The van der Waals surface area contributed by atoms with Crippen LogP contribution in [0.2, 0.25) is 0 Å². The summed E-state index contributed by atoms with van der Waals surface area (Å²) in [4.78, 5) is 4.11. The van der Waals surface area contributed by atoms with E-state index in [1.165, 1.54) is 0 Å². The van der Waals surface area contributed by atoms with Gasteiger partial charge in [-0.1, -0.05) is 12.1 Å². The lowest BCUT2D eigenvalue weighted by Crippen LogP contribution is -2.37. The molecule has 0 radical (unpaired) electrons. The van der Waals surface area contributed by atoms with Crippen molar-refractivity contribution in [2.75, 3.05) is 13.2 Å². The van der Waals surface area contributed by atoms with Crippen molar-refractivity contribution in [1.29, 1.82) is 5.26 Å². The summed E-state index contributed by atoms with van der Waals surface area (Å²) in [5.41, 5.74) is 0.558. The molecule has 3 rings (SSSR count). The van der Waals surface area contributed by atoms with Crippen molar-refractivity contribution in [3.8, 4) is 11.8 Å². The largest absolute Gasteiger partial charge is 0.490 e. The number of benzene rings is 1. The van der Waals surface area contributed by atoms with Crippen LogP contribution in [0.25, 0.3) is 10.8 Å². The minimum absolute atomic E-state index is 0. The van der Waals surface area contributed by atoms with Crippen LogP contribution in [-0.2, 0) is 0 Å². The van der Waals surface area contributed by atoms with Crippen LogP contribution in [0.5, 0.6) is 5.75 Å². The van der Waals surface area contributed by atoms with Gasteiger partial charge in [-0.25, -0.2) is 0 Å². The van der Waals surface area contributed by atoms with Crippen LogP contribution in [-0.4, -0.2) is 35.4 Å². The topological polar surface area (TPSA) is 78.2 Å². The number of rotatable bonds is 6. The van der Waals surface area contributed by atoms with Crippen LogP contribution in [0.15, 0.2) is 30.6 Å². The third kappa shape index (κ3) is 4.82. The van der Waals surface area contributed by atoms with Crippen molar-refractivity contribution < 1.29 is 9.84 Å². The van der Waals surface area contributed by atoms with Gasteiger partial charge in [0.15, 0.2) is 0 Å². The first-order valence-electron chi connectivity index (χ1n) is 8.59. The predicted octanol–water partition coefficient (Wildman–Crippen LogP) is 3.19. The summed E-state index contributed by atoms with van der Waals surface area (Å²) in [6.07, 6.45) is 8.51. The first-order valence-corrected chi connectivity index (χ1v) is 8.59. The third-order valence-corrected chi connectivity index (χ3v) is 4.60. The second-order valence-corrected chi connectivity index (χ2v) is 6.28. The van der Waals surface area contributed by atoms with E-state index in [0.29, 0.717) is 11.6 Å². The molecule has 134 valence electrons. The number of ether oxygens (including phenoxy) is 1. The molecule has 1 aliphatic rings. The Hall–Kier alpha value is -1.87. The summed E-state index contributed by atoms with van der Waals surface area (Å²) in [6, 6.07) is 8.57. The van der Waals surface area contributed by atoms with Crippen molar-refractivity contribution in [3.05, 3.63) is 36.2 Å². The molecule has 25 heavy (non-hydrogen) atoms. The zero-order valence-corrected chi connectivity index (χ0v) is 15.0. The molecule has 1 saturated carbocycles. The maximum absolute atomic E-state index is 9.33. The van der Waals surface area contributed by atoms with Crippen LogP contribution >= 0.6 is 12.4 Å². The van der Waals surface area contributed by atoms with E-state index in [0.717, 1.165) is 55.2 Å². The molecule has 0 unspecified atom stereocenters. The molecular formula is C19H24ClN3O2. The van der Waals surface area contributed by atoms with Gasteiger partial charge >= 0.3 is 0 Å². The lowest BCUT2D eigenvalue weighted by Gasteiger charge is -2.30. The normalized spacial score (nSPS) is 19.8. The number of nitrogens with zero attached hydrogens (tertiary/aromatic N) is 2. The number of nitrogens with one attached hydrogen (secondary N) is 1. The summed E-state index contributed by atoms with van der Waals surface area (Å²) in [5, 5.41) is 23.5. The molecule has 1 aromatic heterocycles. The average molecular weight is 362 g/mol. The zero-order chi connectivity index (χ0) is 16.8. The minimum atomic E-state index is 0. The Morgan fingerprint density at radius 3 is 2.76 bits per heavy atom. The van der Waals surface area contributed by atoms with E-state index in [1.807, 2.05) is 18.2 Å². The summed E-state index contributed by atoms with van der Waals surface area (Å²) in [7, 11) is 0. The predicted molar refractivity (Wildman–Crippen MR) is 100 cm³/mol. The van der Waals surface area contributed by atoms with Gasteiger partial charge in [0.25, 0.3) is 0 Å². The molecule has 1 aliphatic carbocycles. The summed E-state index contributed by atoms with van der Waals surface area (Å²) < 4.78 is 6.24. The summed E-state index contributed by atoms with van der Waals surface area (Å²) in [6.45, 7) is 1.11. The minimum Gasteiger partial charge on any atom is -0.490 e. The highest BCUT2D eigenvalue weighted by Gasteiger charge is 2.22. The van der Waals surface area contributed by atoms with E-state index < -0.39 is 0 Å². The number of fused-ring (bicyclic) bond motifs is 1. The molecule has 0 amide bonds. The number of nitriles is 1. The first-order chi connectivity index (χ1) is 11.8. The Bertz CT molecular complexity index is 719. The van der Waals surface area contributed by atoms with Gasteiger partial charge < -0.3 is 15.2 Å². The smallest absolute Gasteiger partial charge is 0.128 e. The fraction of sp³-hybridized carbons (Fsp3) is 0.474. The fourth-order valence-corrected chi connectivity index (χ4v) is 3.33. The molecule has 0 bridgehead atoms. The highest BCUT2D eigenvalue weighted by Crippen LogP contribution is 2.31. The molecule has 6 heteroatoms. The molecular weight excluding hydrogens is 338 g/mol. The number of pyridine rings is 1. The van der Waals surface area contributed by atoms with E-state index in [1.54, 1.807) is 12.4 Å². The maximum Gasteiger partial charge on any atom is 0.128 e. The standard InChI is InChI=1S/C19H23N3O2.ClH/c20-11-15-13-21-12-14-3-1-4-18(19(14)15)24-17-7-5-16(6-8-17)22-9-2-10-23;/h1,3-4,12-13,16-17,22-23H,2,5-10H2;1H. The number of aliphatic hydroxyl groups is 1. The Morgan fingerprint density at radius 2 is 2.04 bits per heavy atom. The van der Waals surface area contributed by atoms with E-state index in [-0.39, 0.29) is 25.1 Å². The first kappa shape index (κ1) is 19.5. The van der Waals surface area contributed by atoms with Gasteiger partial charge in [-0.3, -0.25) is 4.98 Å². The molecule has 2 N–H and O–H groups in total. The molecule has 0 spiro atoms. The maximum atomic E-state index is 9.33. The Kier molecular flexibility index (Phi) is 7.45. The lowest BCUT2D eigenvalue weighted by molar-refractivity contribution is 0.141. The van der Waals surface area contributed by atoms with E-state index in [2.05, 4.69) is 16.4 Å². The Morgan fingerprint density at radius 1 is 1.24 bits per heavy atom. The summed E-state index contributed by atoms with van der Waals surface area (Å²) in [5.74, 6) is 0.781. The van der Waals surface area contributed by atoms with E-state index in [4.69, 9.17) is 9.84 Å². The van der Waals surface area contributed by atoms with Crippen LogP contribution < -0.4 is 10.1 Å². The number of hydrogen-bond donors (Lipinski definition) is 2. The molecule has 1 fully saturated rings. The molecule has 0 aliphatic heterocycles. The van der Waals surface area contributed by atoms with Crippen LogP contribution in [0.1, 0.15) is 37.7 Å². The number of halogens is 1. The van der Waals surface area contributed by atoms with Crippen molar-refractivity contribution in [3.63, 3.8) is 0 Å². The highest BCUT2D eigenvalue weighted by atomic mass is 35.5. The van der Waals surface area contributed by atoms with Gasteiger partial charge in [-0.05, 0) is 44.7 Å². The summed E-state index contributed by atoms with van der Waals surface area (Å²) >= 11 is 0. The Balaban J connectivity index is 0.00000225. The second kappa shape index (κ2) is 9.57. The molecule has 1 aromatic carbocycles.